The Bertz CT molecular complexity index is 8940. The Labute approximate surface area is 893 Å². The van der Waals surface area contributed by atoms with Crippen molar-refractivity contribution >= 4 is 227 Å². The van der Waals surface area contributed by atoms with Gasteiger partial charge in [0.25, 0.3) is 0 Å². The van der Waals surface area contributed by atoms with E-state index in [1.165, 1.54) is 240 Å². The topological polar surface area (TPSA) is 34.5 Å². The molecule has 0 amide bonds. The zero-order valence-corrected chi connectivity index (χ0v) is 89.3. The predicted molar refractivity (Wildman–Crippen MR) is 637 cm³/mol. The number of aromatic nitrogens is 7. The fourth-order valence-electron chi connectivity index (χ4n) is 23.7. The molecule has 7 heterocycles. The van der Waals surface area contributed by atoms with Crippen LogP contribution < -0.4 is 42.4 Å². The summed E-state index contributed by atoms with van der Waals surface area (Å²) in [6.07, 6.45) is 0. The first kappa shape index (κ1) is 92.5. The van der Waals surface area contributed by atoms with Gasteiger partial charge in [0.05, 0.1) is 77.2 Å². The molecule has 29 aromatic rings. The number of hydrogen-bond acceptors (Lipinski definition) is 0. The molecule has 0 bridgehead atoms. The molecule has 0 spiro atoms. The maximum Gasteiger partial charge on any atom is 0.174 e. The summed E-state index contributed by atoms with van der Waals surface area (Å²) >= 11 is 0. The van der Waals surface area contributed by atoms with Gasteiger partial charge >= 0.3 is 0 Å². The Morgan fingerprint density at radius 2 is 0.216 bits per heavy atom. The van der Waals surface area contributed by atoms with E-state index in [2.05, 4.69) is 573 Å². The summed E-state index contributed by atoms with van der Waals surface area (Å²) in [6.45, 7) is 2.20. The third kappa shape index (κ3) is 16.0. The number of fused-ring (bicyclic) bond motifs is 21. The summed E-state index contributed by atoms with van der Waals surface area (Å²) in [6, 6.07) is 200. The zero-order valence-electron chi connectivity index (χ0n) is 81.0. The van der Waals surface area contributed by atoms with Crippen LogP contribution in [0.1, 0.15) is 5.56 Å². The van der Waals surface area contributed by atoms with Crippen molar-refractivity contribution in [2.24, 2.45) is 0 Å². The fourth-order valence-corrected chi connectivity index (χ4v) is 38.9. The van der Waals surface area contributed by atoms with Gasteiger partial charge in [-0.15, -0.1) is 0 Å². The third-order valence-electron chi connectivity index (χ3n) is 30.5. The minimum atomic E-state index is -1.43. The van der Waals surface area contributed by atoms with E-state index in [4.69, 9.17) is 0 Å². The van der Waals surface area contributed by atoms with Gasteiger partial charge in [0.15, 0.2) is 11.8 Å². The quantitative estimate of drug-likeness (QED) is 0.0571. The number of para-hydroxylation sites is 14. The van der Waals surface area contributed by atoms with Gasteiger partial charge in [0.2, 0.25) is 0 Å². The minimum absolute atomic E-state index is 0. The summed E-state index contributed by atoms with van der Waals surface area (Å²) in [5, 5.41) is 29.3. The van der Waals surface area contributed by atoms with Gasteiger partial charge in [-0.05, 0) is 274 Å². The summed E-state index contributed by atoms with van der Waals surface area (Å²) < 4.78 is 17.0. The van der Waals surface area contributed by atoms with Gasteiger partial charge in [-0.3, -0.25) is 0 Å². The van der Waals surface area contributed by atoms with E-state index in [1.54, 1.807) is 0 Å². The van der Waals surface area contributed by atoms with Crippen molar-refractivity contribution in [3.63, 3.8) is 0 Å². The molecule has 1 atom stereocenters. The zero-order chi connectivity index (χ0) is 96.4. The molecular weight excluding hydrogens is 2240 g/mol. The first-order valence-electron chi connectivity index (χ1n) is 50.5. The summed E-state index contributed by atoms with van der Waals surface area (Å²) in [7, 11) is -5.47. The second kappa shape index (κ2) is 39.1. The molecule has 148 heavy (non-hydrogen) atoms. The molecule has 0 saturated heterocycles. The molecule has 0 aliphatic rings. The third-order valence-corrected chi connectivity index (χ3v) is 44.4. The molecule has 0 saturated carbocycles. The summed E-state index contributed by atoms with van der Waals surface area (Å²) in [5.41, 5.74) is 26.8. The maximum absolute atomic E-state index is 2.45. The molecule has 7 nitrogen and oxygen atoms in total. The number of nitrogens with zero attached hydrogens (tertiary/aromatic N) is 7. The summed E-state index contributed by atoms with van der Waals surface area (Å²) in [5.74, 6) is 2.14. The average Bonchev–Trinajstić information content (AvgIpc) is 1.60. The van der Waals surface area contributed by atoms with Crippen molar-refractivity contribution in [3.8, 4) is 39.8 Å². The van der Waals surface area contributed by atoms with Crippen molar-refractivity contribution in [2.75, 3.05) is 11.8 Å². The van der Waals surface area contributed by atoms with E-state index in [9.17, 15) is 0 Å². The Balaban J connectivity index is 0.000000150. The van der Waals surface area contributed by atoms with Crippen molar-refractivity contribution < 1.29 is 44.8 Å². The number of benzene rings is 22. The van der Waals surface area contributed by atoms with E-state index >= 15 is 0 Å². The molecule has 7 aromatic heterocycles. The van der Waals surface area contributed by atoms with Crippen molar-refractivity contribution in [1.29, 1.82) is 0 Å². The molecule has 0 aliphatic heterocycles. The first-order valence-corrected chi connectivity index (χ1v) is 57.3. The van der Waals surface area contributed by atoms with Crippen LogP contribution in [-0.2, 0) is 44.8 Å². The van der Waals surface area contributed by atoms with Crippen molar-refractivity contribution in [1.82, 2.24) is 32.0 Å². The van der Waals surface area contributed by atoms with Crippen LogP contribution in [0.15, 0.2) is 534 Å². The molecule has 2 radical (unpaired) electrons. The molecule has 712 valence electrons. The van der Waals surface area contributed by atoms with Gasteiger partial charge in [-0.25, -0.2) is 0 Å². The van der Waals surface area contributed by atoms with E-state index in [-0.39, 0.29) is 44.8 Å². The average molecular weight is 2340 g/mol. The Hall–Kier alpha value is -15.4. The van der Waals surface area contributed by atoms with Crippen LogP contribution in [0.5, 0.6) is 0 Å². The van der Waals surface area contributed by atoms with Crippen LogP contribution in [0, 0.1) is 6.92 Å². The molecule has 0 aliphatic carbocycles. The second-order valence-electron chi connectivity index (χ2n) is 38.5. The minimum Gasteiger partial charge on any atom is -0.309 e. The van der Waals surface area contributed by atoms with Gasteiger partial charge in [-0.2, -0.15) is 0 Å². The van der Waals surface area contributed by atoms with Crippen molar-refractivity contribution in [2.45, 2.75) is 6.92 Å². The molecule has 13 heteroatoms. The van der Waals surface area contributed by atoms with Crippen molar-refractivity contribution in [3.05, 3.63) is 539 Å². The molecule has 0 N–H and O–H groups in total. The van der Waals surface area contributed by atoms with Gasteiger partial charge < -0.3 is 32.0 Å². The van der Waals surface area contributed by atoms with Crippen LogP contribution in [0.3, 0.4) is 0 Å². The largest absolute Gasteiger partial charge is 0.309 e. The van der Waals surface area contributed by atoms with Gasteiger partial charge in [-0.1, -0.05) is 272 Å². The normalized spacial score (nSPS) is 12.1. The van der Waals surface area contributed by atoms with E-state index in [0.29, 0.717) is 0 Å². The van der Waals surface area contributed by atoms with Gasteiger partial charge in [0, 0.05) is 160 Å². The number of rotatable bonds is 19. The fraction of sp³-hybridized carbons (Fsp3) is 0.0222. The van der Waals surface area contributed by atoms with Crippen LogP contribution >= 0.6 is 31.7 Å². The van der Waals surface area contributed by atoms with Crippen LogP contribution in [0.2, 0.25) is 0 Å². The molecule has 1 unspecified atom stereocenters. The first-order chi connectivity index (χ1) is 72.4. The van der Waals surface area contributed by atoms with E-state index in [0.717, 1.165) is 11.8 Å². The summed E-state index contributed by atoms with van der Waals surface area (Å²) in [4.78, 5) is 0. The SMILES string of the molecule is Cc1ccc([PH+](C[PH+](c2ccc(-n3c4ccccc4c4ccccc43)cc2)c2ccc(-n3c4ccccc4c4ccccc43)cc2)c2ccc(-n3c4ccccc4c4ccccc43)cc2)cc1.[Au].[Au].c1ccc2c(c1)c1ccccc1n2-c1ccc([PH+](C[PH+](c2ccc(-n3c4ccccc4c4ccccc43)cc2)c2ccc(-n3c4ccccc4c4ccccc43)cc2)c2ccc(-n3c4ccccc4c4ccccc43)cc2)cc1. The number of aryl methyl sites for hydroxylation is 1. The molecule has 29 rings (SSSR count). The Kier molecular flexibility index (Phi) is 24.5. The smallest absolute Gasteiger partial charge is 0.174 e. The molecule has 22 aromatic carbocycles. The monoisotopic (exact) mass is 2340 g/mol. The predicted octanol–water partition coefficient (Wildman–Crippen LogP) is 31.3. The Morgan fingerprint density at radius 3 is 0.324 bits per heavy atom. The van der Waals surface area contributed by atoms with Crippen LogP contribution in [0.25, 0.3) is 192 Å². The standard InChI is InChI=1S/C73H50N4P2.C62H45N3P2.2Au/c1-9-25-66-58(17-1)59-18-2-10-26-67(59)74(66)50-33-41-54(42-34-50)78(55-43-35-51(36-44-55)75-68-27-11-3-19-60(68)61-20-4-12-28-69(61)75)49-79(56-45-37-52(38-46-56)76-70-29-13-5-21-62(70)63-22-6-14-30-71(63)76)57-47-39-53(40-48-57)77-72-31-15-7-23-64(72)65-24-8-16-32-73(65)77;1-43-26-34-47(35-27-43)66(48-36-28-44(29-37-48)63-57-20-8-2-14-51(57)52-15-3-9-21-58(52)63)42-67(49-38-30-45(31-39-49)64-59-22-10-4-16-53(59)54-17-5-11-23-60(54)64)50-40-32-46(33-41-50)65-61-24-12-6-18-55(61)56-19-7-13-25-62(56)65;;/h1-48H,49H2;2-41H,42H2,1H3;;/p+4. The Morgan fingerprint density at radius 1 is 0.122 bits per heavy atom. The number of hydrogen-bond donors (Lipinski definition) is 0. The second-order valence-corrected chi connectivity index (χ2v) is 49.8. The molecule has 0 fully saturated rings. The maximum atomic E-state index is 2.45. The van der Waals surface area contributed by atoms with Crippen LogP contribution in [-0.4, -0.2) is 43.8 Å². The van der Waals surface area contributed by atoms with Crippen LogP contribution in [0.4, 0.5) is 0 Å². The van der Waals surface area contributed by atoms with E-state index < -0.39 is 31.7 Å². The molecular formula is C135H99Au2N7P4+4. The van der Waals surface area contributed by atoms with E-state index in [1.807, 2.05) is 0 Å². The van der Waals surface area contributed by atoms with Gasteiger partial charge in [0.1, 0.15) is 74.1 Å².